The van der Waals surface area contributed by atoms with Gasteiger partial charge in [-0.15, -0.1) is 0 Å². The lowest BCUT2D eigenvalue weighted by atomic mass is 10.7. The van der Waals surface area contributed by atoms with E-state index in [2.05, 4.69) is 9.73 Å². The van der Waals surface area contributed by atoms with Crippen molar-refractivity contribution in [3.05, 3.63) is 0 Å². The van der Waals surface area contributed by atoms with Gasteiger partial charge in [-0.1, -0.05) is 0 Å². The van der Waals surface area contributed by atoms with Crippen molar-refractivity contribution in [2.45, 2.75) is 0 Å². The molecule has 0 rings (SSSR count). The summed E-state index contributed by atoms with van der Waals surface area (Å²) in [4.78, 5) is 3.31. The lowest BCUT2D eigenvalue weighted by molar-refractivity contribution is -0.223. The summed E-state index contributed by atoms with van der Waals surface area (Å²) in [6.07, 6.45) is 0. The van der Waals surface area contributed by atoms with Gasteiger partial charge in [0.1, 0.15) is 0 Å². The second kappa shape index (κ2) is 5.53. The van der Waals surface area contributed by atoms with Crippen LogP contribution in [0, 0.1) is 0 Å². The van der Waals surface area contributed by atoms with Crippen LogP contribution in [0.3, 0.4) is 0 Å². The number of hydrogen-bond acceptors (Lipinski definition) is 4. The standard InChI is InChI=1S/C5H11NO3/c1-6-5(8)4-9-3-2-7/h7H,2-4H2,1H3,(H,6,8)/p-1. The Balaban J connectivity index is 3.07. The minimum absolute atomic E-state index is 0.0307. The van der Waals surface area contributed by atoms with E-state index in [0.29, 0.717) is 0 Å². The molecule has 0 atom stereocenters. The van der Waals surface area contributed by atoms with Crippen LogP contribution in [-0.2, 0) is 4.74 Å². The van der Waals surface area contributed by atoms with E-state index >= 15 is 0 Å². The maximum Gasteiger partial charge on any atom is 0.0744 e. The first kappa shape index (κ1) is 8.39. The van der Waals surface area contributed by atoms with Crippen LogP contribution in [0.5, 0.6) is 0 Å². The Morgan fingerprint density at radius 1 is 1.78 bits per heavy atom. The lowest BCUT2D eigenvalue weighted by Gasteiger charge is -2.07. The number of hydrogen-bond donors (Lipinski definition) is 1. The molecular weight excluding hydrogens is 122 g/mol. The van der Waals surface area contributed by atoms with Gasteiger partial charge in [0, 0.05) is 7.05 Å². The largest absolute Gasteiger partial charge is 0.860 e. The molecule has 0 bridgehead atoms. The summed E-state index contributed by atoms with van der Waals surface area (Å²) in [7, 11) is 1.41. The Kier molecular flexibility index (Phi) is 5.15. The molecule has 0 aliphatic rings. The second-order valence-electron chi connectivity index (χ2n) is 1.39. The molecule has 0 unspecified atom stereocenters. The lowest BCUT2D eigenvalue weighted by Crippen LogP contribution is -2.24. The number of rotatable bonds is 4. The molecule has 0 saturated carbocycles. The summed E-state index contributed by atoms with van der Waals surface area (Å²) in [5.41, 5.74) is 0. The van der Waals surface area contributed by atoms with Crippen LogP contribution in [0.1, 0.15) is 0 Å². The van der Waals surface area contributed by atoms with Gasteiger partial charge in [0.05, 0.1) is 19.8 Å². The molecule has 0 aliphatic heterocycles. The predicted molar refractivity (Wildman–Crippen MR) is 31.3 cm³/mol. The highest BCUT2D eigenvalue weighted by atomic mass is 16.5. The number of aliphatic hydroxyl groups is 1. The molecule has 0 radical (unpaired) electrons. The maximum atomic E-state index is 10.3. The quantitative estimate of drug-likeness (QED) is 0.284. The topological polar surface area (TPSA) is 64.9 Å². The molecule has 0 aromatic heterocycles. The highest BCUT2D eigenvalue weighted by molar-refractivity contribution is 5.72. The fraction of sp³-hybridized carbons (Fsp3) is 0.800. The van der Waals surface area contributed by atoms with Crippen molar-refractivity contribution >= 4 is 5.90 Å². The number of aliphatic imine (C=N–C) groups is 1. The van der Waals surface area contributed by atoms with E-state index < -0.39 is 0 Å². The second-order valence-corrected chi connectivity index (χ2v) is 1.39. The summed E-state index contributed by atoms with van der Waals surface area (Å²) in [6.45, 7) is 0.106. The monoisotopic (exact) mass is 132 g/mol. The number of ether oxygens (including phenoxy) is 1. The molecule has 0 aliphatic carbocycles. The molecule has 9 heavy (non-hydrogen) atoms. The average molecular weight is 132 g/mol. The molecular formula is C5H10NO3-. The third kappa shape index (κ3) is 5.26. The Morgan fingerprint density at radius 3 is 2.89 bits per heavy atom. The van der Waals surface area contributed by atoms with Gasteiger partial charge in [0.25, 0.3) is 0 Å². The highest BCUT2D eigenvalue weighted by Crippen LogP contribution is 1.72. The first-order chi connectivity index (χ1) is 4.31. The van der Waals surface area contributed by atoms with Crippen LogP contribution >= 0.6 is 0 Å². The van der Waals surface area contributed by atoms with Gasteiger partial charge in [0.15, 0.2) is 0 Å². The highest BCUT2D eigenvalue weighted by Gasteiger charge is 1.82. The number of nitrogens with zero attached hydrogens (tertiary/aromatic N) is 1. The Labute approximate surface area is 53.8 Å². The smallest absolute Gasteiger partial charge is 0.0744 e. The van der Waals surface area contributed by atoms with Gasteiger partial charge in [-0.05, 0) is 5.90 Å². The van der Waals surface area contributed by atoms with Crippen molar-refractivity contribution in [1.82, 2.24) is 0 Å². The molecule has 0 aromatic rings. The van der Waals surface area contributed by atoms with Crippen molar-refractivity contribution in [3.63, 3.8) is 0 Å². The van der Waals surface area contributed by atoms with Gasteiger partial charge in [-0.2, -0.15) is 0 Å². The summed E-state index contributed by atoms with van der Waals surface area (Å²) in [5.74, 6) is -0.302. The molecule has 0 aromatic carbocycles. The molecule has 4 nitrogen and oxygen atoms in total. The summed E-state index contributed by atoms with van der Waals surface area (Å²) < 4.78 is 4.64. The van der Waals surface area contributed by atoms with Crippen LogP contribution in [0.15, 0.2) is 4.99 Å². The molecule has 0 fully saturated rings. The van der Waals surface area contributed by atoms with E-state index in [-0.39, 0.29) is 25.7 Å². The molecule has 1 N–H and O–H groups in total. The van der Waals surface area contributed by atoms with E-state index in [4.69, 9.17) is 5.11 Å². The summed E-state index contributed by atoms with van der Waals surface area (Å²) in [6, 6.07) is 0. The fourth-order valence-corrected chi connectivity index (χ4v) is 0.289. The zero-order valence-corrected chi connectivity index (χ0v) is 5.33. The predicted octanol–water partition coefficient (Wildman–Crippen LogP) is -1.62. The molecule has 0 spiro atoms. The summed E-state index contributed by atoms with van der Waals surface area (Å²) in [5, 5.41) is 18.5. The average Bonchev–Trinajstić information content (AvgIpc) is 1.89. The van der Waals surface area contributed by atoms with Crippen LogP contribution < -0.4 is 5.11 Å². The van der Waals surface area contributed by atoms with Crippen molar-refractivity contribution in [1.29, 1.82) is 0 Å². The SMILES string of the molecule is CN=C([O-])COCCO. The van der Waals surface area contributed by atoms with E-state index in [1.165, 1.54) is 7.05 Å². The molecule has 0 saturated heterocycles. The van der Waals surface area contributed by atoms with Gasteiger partial charge < -0.3 is 19.9 Å². The van der Waals surface area contributed by atoms with Gasteiger partial charge in [-0.25, -0.2) is 0 Å². The third-order valence-electron chi connectivity index (χ3n) is 0.711. The normalized spacial score (nSPS) is 12.0. The van der Waals surface area contributed by atoms with Crippen LogP contribution in [0.25, 0.3) is 0 Å². The van der Waals surface area contributed by atoms with E-state index in [0.717, 1.165) is 0 Å². The number of aliphatic hydroxyl groups excluding tert-OH is 1. The first-order valence-electron chi connectivity index (χ1n) is 2.62. The molecule has 0 heterocycles. The first-order valence-corrected chi connectivity index (χ1v) is 2.62. The Hall–Kier alpha value is -0.610. The molecule has 0 amide bonds. The molecule has 54 valence electrons. The minimum atomic E-state index is -0.302. The van der Waals surface area contributed by atoms with Crippen molar-refractivity contribution in [2.75, 3.05) is 26.9 Å². The summed E-state index contributed by atoms with van der Waals surface area (Å²) >= 11 is 0. The fourth-order valence-electron chi connectivity index (χ4n) is 0.289. The zero-order valence-electron chi connectivity index (χ0n) is 5.33. The van der Waals surface area contributed by atoms with Crippen molar-refractivity contribution in [2.24, 2.45) is 4.99 Å². The van der Waals surface area contributed by atoms with Gasteiger partial charge in [0.2, 0.25) is 0 Å². The minimum Gasteiger partial charge on any atom is -0.860 e. The van der Waals surface area contributed by atoms with Gasteiger partial charge >= 0.3 is 0 Å². The van der Waals surface area contributed by atoms with Crippen LogP contribution in [0.4, 0.5) is 0 Å². The van der Waals surface area contributed by atoms with Crippen molar-refractivity contribution < 1.29 is 14.9 Å². The van der Waals surface area contributed by atoms with Crippen molar-refractivity contribution in [3.8, 4) is 0 Å². The Morgan fingerprint density at radius 2 is 2.44 bits per heavy atom. The Bertz CT molecular complexity index is 92.2. The van der Waals surface area contributed by atoms with E-state index in [1.807, 2.05) is 0 Å². The van der Waals surface area contributed by atoms with E-state index in [1.54, 1.807) is 0 Å². The third-order valence-corrected chi connectivity index (χ3v) is 0.711. The maximum absolute atomic E-state index is 10.3. The van der Waals surface area contributed by atoms with E-state index in [9.17, 15) is 5.11 Å². The zero-order chi connectivity index (χ0) is 7.11. The molecule has 4 heteroatoms. The van der Waals surface area contributed by atoms with Crippen LogP contribution in [-0.4, -0.2) is 37.9 Å². The van der Waals surface area contributed by atoms with Gasteiger partial charge in [-0.3, -0.25) is 0 Å². The van der Waals surface area contributed by atoms with Crippen LogP contribution in [0.2, 0.25) is 0 Å².